The molecule has 10 heteroatoms. The molecule has 1 aliphatic heterocycles. The molecule has 1 aromatic heterocycles. The third kappa shape index (κ3) is 7.62. The molecule has 10 nitrogen and oxygen atoms in total. The van der Waals surface area contributed by atoms with Crippen LogP contribution in [-0.2, 0) is 23.8 Å². The number of methoxy groups -OCH3 is 1. The maximum atomic E-state index is 12.8. The smallest absolute Gasteiger partial charge is 0.327 e. The van der Waals surface area contributed by atoms with E-state index in [9.17, 15) is 9.59 Å². The first-order chi connectivity index (χ1) is 14.6. The van der Waals surface area contributed by atoms with E-state index in [1.54, 1.807) is 34.8 Å². The summed E-state index contributed by atoms with van der Waals surface area (Å²) in [6, 6.07) is 0.179. The molecule has 1 fully saturated rings. The molecule has 2 heterocycles. The second-order valence-electron chi connectivity index (χ2n) is 8.51. The quantitative estimate of drug-likeness (QED) is 0.434. The largest absolute Gasteiger partial charge is 0.465 e. The Morgan fingerprint density at radius 3 is 2.55 bits per heavy atom. The summed E-state index contributed by atoms with van der Waals surface area (Å²) < 4.78 is 15.6. The summed E-state index contributed by atoms with van der Waals surface area (Å²) in [6.07, 6.45) is 3.23. The van der Waals surface area contributed by atoms with Crippen molar-refractivity contribution in [2.75, 3.05) is 51.0 Å². The number of hydrogen-bond acceptors (Lipinski definition) is 10. The van der Waals surface area contributed by atoms with E-state index in [1.165, 1.54) is 6.20 Å². The summed E-state index contributed by atoms with van der Waals surface area (Å²) in [5, 5.41) is 3.30. The number of hydrogen-bond donors (Lipinski definition) is 2. The Labute approximate surface area is 183 Å². The highest BCUT2D eigenvalue weighted by Crippen LogP contribution is 2.26. The Balaban J connectivity index is 2.16. The molecule has 0 aliphatic carbocycles. The van der Waals surface area contributed by atoms with Gasteiger partial charge in [-0.05, 0) is 40.5 Å². The van der Waals surface area contributed by atoms with Crippen LogP contribution in [-0.4, -0.2) is 78.4 Å². The molecule has 1 atom stereocenters. The van der Waals surface area contributed by atoms with Gasteiger partial charge in [0.15, 0.2) is 5.92 Å². The van der Waals surface area contributed by atoms with Gasteiger partial charge >= 0.3 is 11.9 Å². The van der Waals surface area contributed by atoms with Gasteiger partial charge in [0.05, 0.1) is 30.8 Å². The lowest BCUT2D eigenvalue weighted by Crippen LogP contribution is -2.40. The van der Waals surface area contributed by atoms with Crippen molar-refractivity contribution in [3.8, 4) is 0 Å². The van der Waals surface area contributed by atoms with Crippen molar-refractivity contribution in [3.63, 3.8) is 0 Å². The summed E-state index contributed by atoms with van der Waals surface area (Å²) in [7, 11) is 1.70. The number of carbonyl (C=O) groups is 2. The minimum atomic E-state index is -1.38. The minimum Gasteiger partial charge on any atom is -0.465 e. The molecule has 0 amide bonds. The lowest BCUT2D eigenvalue weighted by atomic mass is 10.0. The number of nitrogens with zero attached hydrogens (tertiary/aromatic N) is 3. The van der Waals surface area contributed by atoms with Crippen LogP contribution < -0.4 is 11.1 Å². The lowest BCUT2D eigenvalue weighted by Gasteiger charge is -2.32. The predicted molar refractivity (Wildman–Crippen MR) is 117 cm³/mol. The van der Waals surface area contributed by atoms with E-state index >= 15 is 0 Å². The van der Waals surface area contributed by atoms with Crippen LogP contribution in [0.4, 0.5) is 11.6 Å². The summed E-state index contributed by atoms with van der Waals surface area (Å²) in [5.41, 5.74) is 5.47. The fraction of sp³-hybridized carbons (Fsp3) is 0.714. The van der Waals surface area contributed by atoms with E-state index in [0.29, 0.717) is 12.6 Å². The van der Waals surface area contributed by atoms with Crippen LogP contribution in [0.25, 0.3) is 0 Å². The number of nitrogen functional groups attached to an aromatic ring is 1. The van der Waals surface area contributed by atoms with Crippen LogP contribution in [0.15, 0.2) is 6.20 Å². The zero-order chi connectivity index (χ0) is 23.0. The SMILES string of the molecule is CCOC(=O)C(C(=O)OC(C)(C)C)c1nc(NC2CCN(CCOC)CC2)ncc1N. The third-order valence-corrected chi connectivity index (χ3v) is 4.82. The maximum absolute atomic E-state index is 12.8. The van der Waals surface area contributed by atoms with E-state index < -0.39 is 23.5 Å². The van der Waals surface area contributed by atoms with Gasteiger partial charge in [-0.15, -0.1) is 0 Å². The van der Waals surface area contributed by atoms with Gasteiger partial charge in [-0.2, -0.15) is 0 Å². The Hall–Kier alpha value is -2.46. The minimum absolute atomic E-state index is 0.0859. The predicted octanol–water partition coefficient (Wildman–Crippen LogP) is 1.57. The Bertz CT molecular complexity index is 744. The van der Waals surface area contributed by atoms with Crippen molar-refractivity contribution in [1.82, 2.24) is 14.9 Å². The summed E-state index contributed by atoms with van der Waals surface area (Å²) in [4.78, 5) is 36.3. The lowest BCUT2D eigenvalue weighted by molar-refractivity contribution is -0.164. The van der Waals surface area contributed by atoms with Crippen molar-refractivity contribution in [1.29, 1.82) is 0 Å². The highest BCUT2D eigenvalue weighted by molar-refractivity contribution is 6.01. The number of aromatic nitrogens is 2. The van der Waals surface area contributed by atoms with Gasteiger partial charge < -0.3 is 30.2 Å². The van der Waals surface area contributed by atoms with Crippen molar-refractivity contribution in [2.45, 2.75) is 58.1 Å². The molecule has 174 valence electrons. The number of nitrogens with one attached hydrogen (secondary N) is 1. The first-order valence-corrected chi connectivity index (χ1v) is 10.6. The third-order valence-electron chi connectivity index (χ3n) is 4.82. The summed E-state index contributed by atoms with van der Waals surface area (Å²) in [5.74, 6) is -2.57. The van der Waals surface area contributed by atoms with Gasteiger partial charge in [0.25, 0.3) is 0 Å². The number of carbonyl (C=O) groups excluding carboxylic acids is 2. The van der Waals surface area contributed by atoms with Crippen molar-refractivity contribution in [2.24, 2.45) is 0 Å². The standard InChI is InChI=1S/C21H35N5O5/c1-6-30-18(27)16(19(28)31-21(2,3)4)17-15(22)13-23-20(25-17)24-14-7-9-26(10-8-14)11-12-29-5/h13-14,16H,6-12,22H2,1-5H3,(H,23,24,25). The van der Waals surface area contributed by atoms with E-state index in [0.717, 1.165) is 32.5 Å². The van der Waals surface area contributed by atoms with Crippen molar-refractivity contribution < 1.29 is 23.8 Å². The normalized spacial score (nSPS) is 16.5. The molecular formula is C21H35N5O5. The van der Waals surface area contributed by atoms with Crippen LogP contribution in [0.5, 0.6) is 0 Å². The van der Waals surface area contributed by atoms with E-state index in [-0.39, 0.29) is 24.0 Å². The monoisotopic (exact) mass is 437 g/mol. The zero-order valence-corrected chi connectivity index (χ0v) is 19.1. The fourth-order valence-electron chi connectivity index (χ4n) is 3.31. The molecule has 1 aromatic rings. The van der Waals surface area contributed by atoms with Gasteiger partial charge in [0.2, 0.25) is 5.95 Å². The average Bonchev–Trinajstić information content (AvgIpc) is 2.69. The molecule has 0 aromatic carbocycles. The van der Waals surface area contributed by atoms with Crippen LogP contribution in [0, 0.1) is 0 Å². The van der Waals surface area contributed by atoms with E-state index in [1.807, 2.05) is 0 Å². The molecule has 0 bridgehead atoms. The molecule has 1 unspecified atom stereocenters. The molecule has 31 heavy (non-hydrogen) atoms. The molecular weight excluding hydrogens is 402 g/mol. The van der Waals surface area contributed by atoms with Crippen LogP contribution in [0.3, 0.4) is 0 Å². The van der Waals surface area contributed by atoms with Gasteiger partial charge in [0, 0.05) is 32.8 Å². The number of ether oxygens (including phenoxy) is 3. The number of rotatable bonds is 9. The average molecular weight is 438 g/mol. The van der Waals surface area contributed by atoms with Gasteiger partial charge in [-0.3, -0.25) is 9.59 Å². The maximum Gasteiger partial charge on any atom is 0.327 e. The Kier molecular flexibility index (Phi) is 9.00. The number of piperidine rings is 1. The van der Waals surface area contributed by atoms with E-state index in [4.69, 9.17) is 19.9 Å². The number of nitrogens with two attached hydrogens (primary N) is 1. The van der Waals surface area contributed by atoms with Crippen molar-refractivity contribution in [3.05, 3.63) is 11.9 Å². The summed E-state index contributed by atoms with van der Waals surface area (Å²) >= 11 is 0. The molecule has 3 N–H and O–H groups in total. The van der Waals surface area contributed by atoms with E-state index in [2.05, 4.69) is 20.2 Å². The number of anilines is 2. The molecule has 1 aliphatic rings. The number of likely N-dealkylation sites (tertiary alicyclic amines) is 1. The fourth-order valence-corrected chi connectivity index (χ4v) is 3.31. The second-order valence-corrected chi connectivity index (χ2v) is 8.51. The van der Waals surface area contributed by atoms with Gasteiger partial charge in [0.1, 0.15) is 5.60 Å². The van der Waals surface area contributed by atoms with Gasteiger partial charge in [-0.25, -0.2) is 9.97 Å². The first-order valence-electron chi connectivity index (χ1n) is 10.6. The van der Waals surface area contributed by atoms with Crippen LogP contribution in [0.1, 0.15) is 52.1 Å². The number of esters is 2. The molecule has 2 rings (SSSR count). The first kappa shape index (κ1) is 24.8. The Morgan fingerprint density at radius 2 is 1.97 bits per heavy atom. The molecule has 0 radical (unpaired) electrons. The topological polar surface area (TPSA) is 129 Å². The van der Waals surface area contributed by atoms with Gasteiger partial charge in [-0.1, -0.05) is 0 Å². The molecule has 0 saturated carbocycles. The van der Waals surface area contributed by atoms with Crippen molar-refractivity contribution >= 4 is 23.6 Å². The second kappa shape index (κ2) is 11.2. The highest BCUT2D eigenvalue weighted by Gasteiger charge is 2.37. The molecule has 1 saturated heterocycles. The Morgan fingerprint density at radius 1 is 1.29 bits per heavy atom. The summed E-state index contributed by atoms with van der Waals surface area (Å²) in [6.45, 7) is 10.5. The van der Waals surface area contributed by atoms with Crippen LogP contribution in [0.2, 0.25) is 0 Å². The zero-order valence-electron chi connectivity index (χ0n) is 19.1. The highest BCUT2D eigenvalue weighted by atomic mass is 16.6. The van der Waals surface area contributed by atoms with Crippen LogP contribution >= 0.6 is 0 Å². The molecule has 0 spiro atoms.